The number of carboxylic acids is 1. The smallest absolute Gasteiger partial charge is 0.341 e. The highest BCUT2D eigenvalue weighted by Crippen LogP contribution is 2.24. The second-order valence-corrected chi connectivity index (χ2v) is 4.46. The van der Waals surface area contributed by atoms with E-state index in [1.54, 1.807) is 30.0 Å². The molecule has 1 rings (SSSR count). The van der Waals surface area contributed by atoms with Gasteiger partial charge in [0.15, 0.2) is 0 Å². The van der Waals surface area contributed by atoms with Gasteiger partial charge in [-0.1, -0.05) is 13.0 Å². The number of anilines is 1. The molecule has 0 bridgehead atoms. The highest BCUT2D eigenvalue weighted by atomic mass is 32.2. The van der Waals surface area contributed by atoms with Crippen LogP contribution < -0.4 is 10.5 Å². The average molecular weight is 241 g/mol. The van der Waals surface area contributed by atoms with Crippen molar-refractivity contribution in [1.29, 1.82) is 0 Å². The van der Waals surface area contributed by atoms with Crippen molar-refractivity contribution in [2.45, 2.75) is 6.92 Å². The second kappa shape index (κ2) is 6.27. The fourth-order valence-electron chi connectivity index (χ4n) is 1.25. The van der Waals surface area contributed by atoms with Gasteiger partial charge in [-0.15, -0.1) is 0 Å². The molecule has 0 aliphatic rings. The summed E-state index contributed by atoms with van der Waals surface area (Å²) in [5, 5.41) is 8.98. The number of carbonyl (C=O) groups is 1. The molecule has 88 valence electrons. The monoisotopic (exact) mass is 241 g/mol. The van der Waals surface area contributed by atoms with Crippen LogP contribution in [0.3, 0.4) is 0 Å². The molecule has 16 heavy (non-hydrogen) atoms. The number of rotatable bonds is 6. The maximum absolute atomic E-state index is 11.0. The molecular weight excluding hydrogens is 226 g/mol. The fourth-order valence-corrected chi connectivity index (χ4v) is 1.74. The maximum Gasteiger partial charge on any atom is 0.341 e. The Labute approximate surface area is 98.8 Å². The maximum atomic E-state index is 11.0. The van der Waals surface area contributed by atoms with Crippen LogP contribution in [0.5, 0.6) is 5.75 Å². The zero-order valence-electron chi connectivity index (χ0n) is 9.10. The van der Waals surface area contributed by atoms with E-state index in [1.165, 1.54) is 0 Å². The van der Waals surface area contributed by atoms with E-state index >= 15 is 0 Å². The third-order valence-electron chi connectivity index (χ3n) is 1.96. The molecule has 0 saturated carbocycles. The van der Waals surface area contributed by atoms with E-state index < -0.39 is 5.97 Å². The lowest BCUT2D eigenvalue weighted by Crippen LogP contribution is -2.08. The Hall–Kier alpha value is -1.36. The SMILES string of the molecule is CCSCCOc1cccc(N)c1C(=O)O. The van der Waals surface area contributed by atoms with Gasteiger partial charge in [0.1, 0.15) is 11.3 Å². The van der Waals surface area contributed by atoms with Gasteiger partial charge >= 0.3 is 5.97 Å². The lowest BCUT2D eigenvalue weighted by atomic mass is 10.1. The molecule has 0 amide bonds. The summed E-state index contributed by atoms with van der Waals surface area (Å²) in [4.78, 5) is 11.0. The Kier molecular flexibility index (Phi) is 4.98. The van der Waals surface area contributed by atoms with Gasteiger partial charge in [0, 0.05) is 11.4 Å². The van der Waals surface area contributed by atoms with E-state index in [0.717, 1.165) is 11.5 Å². The number of hydrogen-bond donors (Lipinski definition) is 2. The van der Waals surface area contributed by atoms with Crippen LogP contribution in [0.15, 0.2) is 18.2 Å². The molecule has 0 atom stereocenters. The third-order valence-corrected chi connectivity index (χ3v) is 2.83. The summed E-state index contributed by atoms with van der Waals surface area (Å²) in [7, 11) is 0. The number of carboxylic acid groups (broad SMARTS) is 1. The van der Waals surface area contributed by atoms with Crippen LogP contribution in [0.2, 0.25) is 0 Å². The van der Waals surface area contributed by atoms with Gasteiger partial charge in [0.2, 0.25) is 0 Å². The minimum Gasteiger partial charge on any atom is -0.492 e. The first-order valence-corrected chi connectivity index (χ1v) is 6.14. The van der Waals surface area contributed by atoms with Crippen molar-refractivity contribution in [1.82, 2.24) is 0 Å². The van der Waals surface area contributed by atoms with Gasteiger partial charge in [-0.3, -0.25) is 0 Å². The number of benzene rings is 1. The molecule has 0 unspecified atom stereocenters. The standard InChI is InChI=1S/C11H15NO3S/c1-2-16-7-6-15-9-5-3-4-8(12)10(9)11(13)14/h3-5H,2,6-7,12H2,1H3,(H,13,14). The Morgan fingerprint density at radius 1 is 1.56 bits per heavy atom. The second-order valence-electron chi connectivity index (χ2n) is 3.07. The van der Waals surface area contributed by atoms with E-state index in [1.807, 2.05) is 0 Å². The van der Waals surface area contributed by atoms with Crippen LogP contribution >= 0.6 is 11.8 Å². The number of hydrogen-bond acceptors (Lipinski definition) is 4. The average Bonchev–Trinajstić information content (AvgIpc) is 2.24. The molecule has 0 fully saturated rings. The van der Waals surface area contributed by atoms with Gasteiger partial charge in [0.25, 0.3) is 0 Å². The topological polar surface area (TPSA) is 72.5 Å². The summed E-state index contributed by atoms with van der Waals surface area (Å²) in [6.07, 6.45) is 0. The van der Waals surface area contributed by atoms with Gasteiger partial charge in [-0.2, -0.15) is 11.8 Å². The quantitative estimate of drug-likeness (QED) is 0.589. The molecule has 3 N–H and O–H groups in total. The van der Waals surface area contributed by atoms with Crippen molar-refractivity contribution in [3.8, 4) is 5.75 Å². The zero-order chi connectivity index (χ0) is 12.0. The molecule has 0 saturated heterocycles. The molecular formula is C11H15NO3S. The van der Waals surface area contributed by atoms with E-state index in [0.29, 0.717) is 12.4 Å². The first-order valence-electron chi connectivity index (χ1n) is 4.99. The van der Waals surface area contributed by atoms with E-state index in [4.69, 9.17) is 15.6 Å². The van der Waals surface area contributed by atoms with Crippen LogP contribution in [0.4, 0.5) is 5.69 Å². The first kappa shape index (κ1) is 12.7. The molecule has 1 aromatic carbocycles. The van der Waals surface area contributed by atoms with Gasteiger partial charge in [-0.25, -0.2) is 4.79 Å². The summed E-state index contributed by atoms with van der Waals surface area (Å²) < 4.78 is 5.40. The van der Waals surface area contributed by atoms with Crippen molar-refractivity contribution in [2.24, 2.45) is 0 Å². The lowest BCUT2D eigenvalue weighted by Gasteiger charge is -2.10. The Morgan fingerprint density at radius 3 is 2.94 bits per heavy atom. The van der Waals surface area contributed by atoms with Crippen molar-refractivity contribution in [2.75, 3.05) is 23.8 Å². The fraction of sp³-hybridized carbons (Fsp3) is 0.364. The van der Waals surface area contributed by atoms with E-state index in [9.17, 15) is 4.79 Å². The summed E-state index contributed by atoms with van der Waals surface area (Å²) >= 11 is 1.74. The minimum atomic E-state index is -1.06. The number of nitrogens with two attached hydrogens (primary N) is 1. The summed E-state index contributed by atoms with van der Waals surface area (Å²) in [5.74, 6) is 1.14. The normalized spacial score (nSPS) is 10.1. The largest absolute Gasteiger partial charge is 0.492 e. The van der Waals surface area contributed by atoms with Crippen molar-refractivity contribution in [3.63, 3.8) is 0 Å². The molecule has 0 heterocycles. The van der Waals surface area contributed by atoms with Crippen LogP contribution in [0.25, 0.3) is 0 Å². The Balaban J connectivity index is 2.71. The molecule has 0 aliphatic carbocycles. The predicted molar refractivity (Wildman–Crippen MR) is 66.3 cm³/mol. The summed E-state index contributed by atoms with van der Waals surface area (Å²) in [6.45, 7) is 2.55. The molecule has 5 heteroatoms. The predicted octanol–water partition coefficient (Wildman–Crippen LogP) is 2.10. The molecule has 0 radical (unpaired) electrons. The minimum absolute atomic E-state index is 0.0454. The van der Waals surface area contributed by atoms with Crippen LogP contribution in [-0.2, 0) is 0 Å². The molecule has 4 nitrogen and oxygen atoms in total. The summed E-state index contributed by atoms with van der Waals surface area (Å²) in [6, 6.07) is 4.86. The van der Waals surface area contributed by atoms with E-state index in [-0.39, 0.29) is 11.3 Å². The molecule has 0 aliphatic heterocycles. The lowest BCUT2D eigenvalue weighted by molar-refractivity contribution is 0.0694. The highest BCUT2D eigenvalue weighted by molar-refractivity contribution is 7.99. The van der Waals surface area contributed by atoms with Gasteiger partial charge in [-0.05, 0) is 17.9 Å². The van der Waals surface area contributed by atoms with Crippen molar-refractivity contribution in [3.05, 3.63) is 23.8 Å². The third kappa shape index (κ3) is 3.34. The first-order chi connectivity index (χ1) is 7.66. The zero-order valence-corrected chi connectivity index (χ0v) is 9.92. The number of nitrogen functional groups attached to an aromatic ring is 1. The molecule has 0 spiro atoms. The highest BCUT2D eigenvalue weighted by Gasteiger charge is 2.14. The Bertz CT molecular complexity index is 368. The van der Waals surface area contributed by atoms with Crippen molar-refractivity contribution >= 4 is 23.4 Å². The van der Waals surface area contributed by atoms with Gasteiger partial charge < -0.3 is 15.6 Å². The molecule has 1 aromatic rings. The van der Waals surface area contributed by atoms with Crippen LogP contribution in [0.1, 0.15) is 17.3 Å². The number of aromatic carboxylic acids is 1. The van der Waals surface area contributed by atoms with E-state index in [2.05, 4.69) is 6.92 Å². The van der Waals surface area contributed by atoms with Gasteiger partial charge in [0.05, 0.1) is 6.61 Å². The number of thioether (sulfide) groups is 1. The Morgan fingerprint density at radius 2 is 2.31 bits per heavy atom. The van der Waals surface area contributed by atoms with Crippen molar-refractivity contribution < 1.29 is 14.6 Å². The summed E-state index contributed by atoms with van der Waals surface area (Å²) in [5.41, 5.74) is 5.86. The van der Waals surface area contributed by atoms with Crippen LogP contribution in [-0.4, -0.2) is 29.2 Å². The molecule has 0 aromatic heterocycles. The number of ether oxygens (including phenoxy) is 1. The van der Waals surface area contributed by atoms with Crippen LogP contribution in [0, 0.1) is 0 Å².